The van der Waals surface area contributed by atoms with Crippen LogP contribution < -0.4 is 11.1 Å². The quantitative estimate of drug-likeness (QED) is 0.747. The predicted octanol–water partition coefficient (Wildman–Crippen LogP) is 2.15. The van der Waals surface area contributed by atoms with Gasteiger partial charge in [0.15, 0.2) is 0 Å². The number of nitrogen functional groups attached to an aromatic ring is 1. The molecule has 3 heteroatoms. The Kier molecular flexibility index (Phi) is 3.05. The van der Waals surface area contributed by atoms with Crippen LogP contribution in [-0.4, -0.2) is 0 Å². The molecule has 3 N–H and O–H groups in total. The average molecular weight is 202 g/mol. The lowest BCUT2D eigenvalue weighted by molar-refractivity contribution is 0.483. The molecule has 0 amide bonds. The van der Waals surface area contributed by atoms with Gasteiger partial charge in [-0.05, 0) is 29.8 Å². The summed E-state index contributed by atoms with van der Waals surface area (Å²) in [7, 11) is 0. The van der Waals surface area contributed by atoms with E-state index in [1.165, 1.54) is 5.56 Å². The fraction of sp³-hybridized carbons (Fsp3) is 0.167. The van der Waals surface area contributed by atoms with Crippen molar-refractivity contribution in [3.05, 3.63) is 54.0 Å². The van der Waals surface area contributed by atoms with Crippen molar-refractivity contribution in [3.63, 3.8) is 0 Å². The topological polar surface area (TPSA) is 51.2 Å². The maximum absolute atomic E-state index is 5.68. The molecule has 0 saturated carbocycles. The van der Waals surface area contributed by atoms with E-state index in [0.29, 0.717) is 0 Å². The molecule has 0 bridgehead atoms. The number of furan rings is 1. The van der Waals surface area contributed by atoms with Gasteiger partial charge in [-0.3, -0.25) is 0 Å². The lowest BCUT2D eigenvalue weighted by Crippen LogP contribution is -2.12. The van der Waals surface area contributed by atoms with E-state index in [2.05, 4.69) is 5.32 Å². The van der Waals surface area contributed by atoms with Crippen LogP contribution in [0.4, 0.5) is 5.69 Å². The highest BCUT2D eigenvalue weighted by atomic mass is 16.3. The highest BCUT2D eigenvalue weighted by Crippen LogP contribution is 2.06. The standard InChI is InChI=1S/C12H14N2O/c13-11-4-1-3-10(7-11)8-14-9-12-5-2-6-15-12/h1-7,14H,8-9,13H2. The van der Waals surface area contributed by atoms with Crippen LogP contribution >= 0.6 is 0 Å². The minimum absolute atomic E-state index is 0.738. The molecule has 0 aliphatic rings. The van der Waals surface area contributed by atoms with E-state index in [9.17, 15) is 0 Å². The van der Waals surface area contributed by atoms with Gasteiger partial charge in [0.1, 0.15) is 5.76 Å². The Morgan fingerprint density at radius 1 is 1.13 bits per heavy atom. The zero-order valence-electron chi connectivity index (χ0n) is 8.44. The Bertz CT molecular complexity index is 409. The highest BCUT2D eigenvalue weighted by molar-refractivity contribution is 5.40. The summed E-state index contributed by atoms with van der Waals surface area (Å²) in [6.45, 7) is 1.54. The highest BCUT2D eigenvalue weighted by Gasteiger charge is 1.96. The molecule has 15 heavy (non-hydrogen) atoms. The number of hydrogen-bond acceptors (Lipinski definition) is 3. The first-order valence-electron chi connectivity index (χ1n) is 4.92. The molecule has 0 fully saturated rings. The van der Waals surface area contributed by atoms with Crippen LogP contribution in [0.5, 0.6) is 0 Å². The molecule has 0 unspecified atom stereocenters. The molecule has 1 aromatic carbocycles. The van der Waals surface area contributed by atoms with Gasteiger partial charge < -0.3 is 15.5 Å². The van der Waals surface area contributed by atoms with E-state index in [1.807, 2.05) is 36.4 Å². The van der Waals surface area contributed by atoms with Gasteiger partial charge in [0.25, 0.3) is 0 Å². The largest absolute Gasteiger partial charge is 0.468 e. The maximum atomic E-state index is 5.68. The molecule has 0 atom stereocenters. The number of nitrogens with two attached hydrogens (primary N) is 1. The molecule has 78 valence electrons. The molecule has 1 heterocycles. The van der Waals surface area contributed by atoms with Crippen molar-refractivity contribution in [2.45, 2.75) is 13.1 Å². The number of benzene rings is 1. The molecular formula is C12H14N2O. The predicted molar refractivity (Wildman–Crippen MR) is 60.1 cm³/mol. The van der Waals surface area contributed by atoms with Gasteiger partial charge in [-0.1, -0.05) is 12.1 Å². The van der Waals surface area contributed by atoms with Gasteiger partial charge in [-0.2, -0.15) is 0 Å². The van der Waals surface area contributed by atoms with Gasteiger partial charge in [-0.15, -0.1) is 0 Å². The van der Waals surface area contributed by atoms with Crippen LogP contribution in [0.3, 0.4) is 0 Å². The van der Waals surface area contributed by atoms with Gasteiger partial charge in [0.2, 0.25) is 0 Å². The van der Waals surface area contributed by atoms with Crippen molar-refractivity contribution >= 4 is 5.69 Å². The molecule has 0 radical (unpaired) electrons. The van der Waals surface area contributed by atoms with Gasteiger partial charge in [-0.25, -0.2) is 0 Å². The summed E-state index contributed by atoms with van der Waals surface area (Å²) in [6.07, 6.45) is 1.68. The van der Waals surface area contributed by atoms with Gasteiger partial charge >= 0.3 is 0 Å². The van der Waals surface area contributed by atoms with Crippen LogP contribution in [0.25, 0.3) is 0 Å². The normalized spacial score (nSPS) is 10.4. The summed E-state index contributed by atoms with van der Waals surface area (Å²) < 4.78 is 5.21. The fourth-order valence-electron chi connectivity index (χ4n) is 1.45. The summed E-state index contributed by atoms with van der Waals surface area (Å²) in [5, 5.41) is 3.28. The molecule has 0 saturated heterocycles. The van der Waals surface area contributed by atoms with Crippen LogP contribution in [0, 0.1) is 0 Å². The average Bonchev–Trinajstić information content (AvgIpc) is 2.71. The SMILES string of the molecule is Nc1cccc(CNCc2ccco2)c1. The molecule has 0 spiro atoms. The molecular weight excluding hydrogens is 188 g/mol. The minimum atomic E-state index is 0.738. The molecule has 0 aliphatic heterocycles. The zero-order chi connectivity index (χ0) is 10.5. The molecule has 0 aliphatic carbocycles. The summed E-state index contributed by atoms with van der Waals surface area (Å²) >= 11 is 0. The van der Waals surface area contributed by atoms with E-state index in [1.54, 1.807) is 6.26 Å². The second kappa shape index (κ2) is 4.66. The Hall–Kier alpha value is -1.74. The second-order valence-corrected chi connectivity index (χ2v) is 3.43. The molecule has 2 aromatic rings. The van der Waals surface area contributed by atoms with E-state index in [-0.39, 0.29) is 0 Å². The number of rotatable bonds is 4. The lowest BCUT2D eigenvalue weighted by atomic mass is 10.2. The first-order chi connectivity index (χ1) is 7.34. The van der Waals surface area contributed by atoms with E-state index in [0.717, 1.165) is 24.5 Å². The Labute approximate surface area is 88.9 Å². The lowest BCUT2D eigenvalue weighted by Gasteiger charge is -2.03. The maximum Gasteiger partial charge on any atom is 0.117 e. The van der Waals surface area contributed by atoms with Gasteiger partial charge in [0.05, 0.1) is 12.8 Å². The monoisotopic (exact) mass is 202 g/mol. The van der Waals surface area contributed by atoms with E-state index in [4.69, 9.17) is 10.2 Å². The Morgan fingerprint density at radius 3 is 2.80 bits per heavy atom. The Balaban J connectivity index is 1.83. The first-order valence-corrected chi connectivity index (χ1v) is 4.92. The third-order valence-electron chi connectivity index (χ3n) is 2.16. The third kappa shape index (κ3) is 2.86. The minimum Gasteiger partial charge on any atom is -0.468 e. The Morgan fingerprint density at radius 2 is 2.07 bits per heavy atom. The zero-order valence-corrected chi connectivity index (χ0v) is 8.44. The van der Waals surface area contributed by atoms with Crippen molar-refractivity contribution < 1.29 is 4.42 Å². The first kappa shape index (κ1) is 9.80. The van der Waals surface area contributed by atoms with Crippen LogP contribution in [0.1, 0.15) is 11.3 Å². The summed E-state index contributed by atoms with van der Waals surface area (Å²) in [6, 6.07) is 11.7. The summed E-state index contributed by atoms with van der Waals surface area (Å²) in [5.74, 6) is 0.943. The van der Waals surface area contributed by atoms with E-state index < -0.39 is 0 Å². The summed E-state index contributed by atoms with van der Waals surface area (Å²) in [5.41, 5.74) is 7.66. The van der Waals surface area contributed by atoms with Crippen LogP contribution in [-0.2, 0) is 13.1 Å². The molecule has 1 aromatic heterocycles. The molecule has 3 nitrogen and oxygen atoms in total. The van der Waals surface area contributed by atoms with Crippen molar-refractivity contribution in [2.75, 3.05) is 5.73 Å². The molecule has 2 rings (SSSR count). The van der Waals surface area contributed by atoms with Crippen LogP contribution in [0.15, 0.2) is 47.1 Å². The fourth-order valence-corrected chi connectivity index (χ4v) is 1.45. The van der Waals surface area contributed by atoms with Crippen LogP contribution in [0.2, 0.25) is 0 Å². The smallest absolute Gasteiger partial charge is 0.117 e. The van der Waals surface area contributed by atoms with E-state index >= 15 is 0 Å². The summed E-state index contributed by atoms with van der Waals surface area (Å²) in [4.78, 5) is 0. The number of nitrogens with one attached hydrogen (secondary N) is 1. The second-order valence-electron chi connectivity index (χ2n) is 3.43. The van der Waals surface area contributed by atoms with Crippen molar-refractivity contribution in [1.29, 1.82) is 0 Å². The van der Waals surface area contributed by atoms with Crippen molar-refractivity contribution in [3.8, 4) is 0 Å². The number of hydrogen-bond donors (Lipinski definition) is 2. The number of anilines is 1. The van der Waals surface area contributed by atoms with Gasteiger partial charge in [0, 0.05) is 12.2 Å². The van der Waals surface area contributed by atoms with Crippen molar-refractivity contribution in [2.24, 2.45) is 0 Å². The van der Waals surface area contributed by atoms with Crippen molar-refractivity contribution in [1.82, 2.24) is 5.32 Å². The third-order valence-corrected chi connectivity index (χ3v) is 2.16.